The minimum Gasteiger partial charge on any atom is -0.465 e. The summed E-state index contributed by atoms with van der Waals surface area (Å²) in [6.45, 7) is 2.35. The molecule has 0 radical (unpaired) electrons. The number of ether oxygens (including phenoxy) is 1. The molecule has 0 aliphatic rings. The Balaban J connectivity index is 3.43. The molecule has 0 aromatic rings. The van der Waals surface area contributed by atoms with Crippen molar-refractivity contribution in [2.75, 3.05) is 13.2 Å². The zero-order chi connectivity index (χ0) is 9.40. The van der Waals surface area contributed by atoms with Crippen LogP contribution in [-0.2, 0) is 9.53 Å². The van der Waals surface area contributed by atoms with Crippen molar-refractivity contribution in [2.45, 2.75) is 31.6 Å². The second kappa shape index (κ2) is 7.37. The lowest BCUT2D eigenvalue weighted by Crippen LogP contribution is -2.19. The van der Waals surface area contributed by atoms with Gasteiger partial charge in [-0.05, 0) is 12.8 Å². The van der Waals surface area contributed by atoms with Gasteiger partial charge in [0.25, 0.3) is 0 Å². The van der Waals surface area contributed by atoms with Gasteiger partial charge in [0.05, 0.1) is 6.61 Å². The van der Waals surface area contributed by atoms with Gasteiger partial charge >= 0.3 is 5.97 Å². The zero-order valence-electron chi connectivity index (χ0n) is 7.25. The predicted octanol–water partition coefficient (Wildman–Crippen LogP) is 1.32. The molecule has 1 N–H and O–H groups in total. The van der Waals surface area contributed by atoms with E-state index in [1.165, 1.54) is 0 Å². The minimum atomic E-state index is -0.702. The molecule has 0 spiro atoms. The predicted molar refractivity (Wildman–Crippen MR) is 47.2 cm³/mol. The number of hydrogen-bond donors (Lipinski definition) is 1. The fraction of sp³-hybridized carbons (Fsp3) is 0.875. The van der Waals surface area contributed by atoms with Crippen molar-refractivity contribution in [3.05, 3.63) is 0 Å². The van der Waals surface area contributed by atoms with Crippen molar-refractivity contribution in [2.24, 2.45) is 0 Å². The molecule has 0 amide bonds. The second-order valence-electron chi connectivity index (χ2n) is 2.50. The average molecular weight is 195 g/mol. The summed E-state index contributed by atoms with van der Waals surface area (Å²) in [4.78, 5) is 10.9. The van der Waals surface area contributed by atoms with Gasteiger partial charge in [0.2, 0.25) is 0 Å². The van der Waals surface area contributed by atoms with Gasteiger partial charge in [0.15, 0.2) is 0 Å². The van der Waals surface area contributed by atoms with Crippen LogP contribution in [0.3, 0.4) is 0 Å². The summed E-state index contributed by atoms with van der Waals surface area (Å²) in [5, 5.41) is 7.76. The summed E-state index contributed by atoms with van der Waals surface area (Å²) >= 11 is 5.58. The van der Waals surface area contributed by atoms with Crippen molar-refractivity contribution < 1.29 is 14.6 Å². The summed E-state index contributed by atoms with van der Waals surface area (Å²) in [7, 11) is 0. The van der Waals surface area contributed by atoms with Gasteiger partial charge in [-0.25, -0.2) is 0 Å². The summed E-state index contributed by atoms with van der Waals surface area (Å²) in [5.74, 6) is -0.431. The first-order chi connectivity index (χ1) is 5.72. The van der Waals surface area contributed by atoms with Crippen molar-refractivity contribution in [3.8, 4) is 0 Å². The number of hydrogen-bond acceptors (Lipinski definition) is 3. The number of aliphatic hydroxyl groups is 1. The topological polar surface area (TPSA) is 46.5 Å². The van der Waals surface area contributed by atoms with Crippen LogP contribution in [-0.4, -0.2) is 29.7 Å². The first kappa shape index (κ1) is 11.7. The Morgan fingerprint density at radius 1 is 1.67 bits per heavy atom. The van der Waals surface area contributed by atoms with Gasteiger partial charge < -0.3 is 9.84 Å². The second-order valence-corrected chi connectivity index (χ2v) is 3.03. The quantitative estimate of drug-likeness (QED) is 0.394. The SMILES string of the molecule is CCCCOC(=O)C(Cl)CCO. The smallest absolute Gasteiger partial charge is 0.324 e. The molecule has 3 nitrogen and oxygen atoms in total. The molecule has 0 saturated heterocycles. The monoisotopic (exact) mass is 194 g/mol. The summed E-state index contributed by atoms with van der Waals surface area (Å²) in [6, 6.07) is 0. The number of aliphatic hydroxyl groups excluding tert-OH is 1. The molecule has 0 aromatic heterocycles. The maximum absolute atomic E-state index is 10.9. The number of alkyl halides is 1. The Labute approximate surface area is 77.7 Å². The third kappa shape index (κ3) is 5.38. The van der Waals surface area contributed by atoms with Crippen molar-refractivity contribution in [1.82, 2.24) is 0 Å². The number of carbonyl (C=O) groups is 1. The van der Waals surface area contributed by atoms with Gasteiger partial charge in [0, 0.05) is 6.61 Å². The highest BCUT2D eigenvalue weighted by Crippen LogP contribution is 2.04. The largest absolute Gasteiger partial charge is 0.465 e. The van der Waals surface area contributed by atoms with Gasteiger partial charge in [-0.1, -0.05) is 13.3 Å². The van der Waals surface area contributed by atoms with Gasteiger partial charge in [0.1, 0.15) is 5.38 Å². The lowest BCUT2D eigenvalue weighted by Gasteiger charge is -2.07. The zero-order valence-corrected chi connectivity index (χ0v) is 8.01. The Morgan fingerprint density at radius 3 is 2.83 bits per heavy atom. The molecule has 0 aliphatic carbocycles. The first-order valence-electron chi connectivity index (χ1n) is 4.14. The van der Waals surface area contributed by atoms with E-state index in [1.54, 1.807) is 0 Å². The molecular formula is C8H15ClO3. The van der Waals surface area contributed by atoms with Gasteiger partial charge in [-0.2, -0.15) is 0 Å². The Bertz CT molecular complexity index is 127. The van der Waals surface area contributed by atoms with Crippen LogP contribution in [0.4, 0.5) is 0 Å². The molecule has 1 atom stereocenters. The summed E-state index contributed by atoms with van der Waals surface area (Å²) in [5.41, 5.74) is 0. The molecule has 12 heavy (non-hydrogen) atoms. The van der Waals surface area contributed by atoms with Crippen LogP contribution in [0, 0.1) is 0 Å². The van der Waals surface area contributed by atoms with Crippen molar-refractivity contribution in [1.29, 1.82) is 0 Å². The number of halogens is 1. The number of esters is 1. The Kier molecular flexibility index (Phi) is 7.20. The van der Waals surface area contributed by atoms with E-state index >= 15 is 0 Å². The molecule has 0 aromatic carbocycles. The number of carbonyl (C=O) groups excluding carboxylic acids is 1. The van der Waals surface area contributed by atoms with E-state index in [2.05, 4.69) is 0 Å². The third-order valence-electron chi connectivity index (χ3n) is 1.38. The van der Waals surface area contributed by atoms with Crippen LogP contribution in [0.2, 0.25) is 0 Å². The highest BCUT2D eigenvalue weighted by molar-refractivity contribution is 6.29. The van der Waals surface area contributed by atoms with E-state index in [0.29, 0.717) is 6.61 Å². The molecule has 1 unspecified atom stereocenters. The van der Waals surface area contributed by atoms with Gasteiger partial charge in [-0.15, -0.1) is 11.6 Å². The fourth-order valence-electron chi connectivity index (χ4n) is 0.639. The standard InChI is InChI=1S/C8H15ClO3/c1-2-3-6-12-8(11)7(9)4-5-10/h7,10H,2-6H2,1H3. The number of rotatable bonds is 6. The van der Waals surface area contributed by atoms with Crippen molar-refractivity contribution in [3.63, 3.8) is 0 Å². The molecule has 0 bridgehead atoms. The van der Waals surface area contributed by atoms with Crippen LogP contribution in [0.1, 0.15) is 26.2 Å². The molecule has 0 rings (SSSR count). The van der Waals surface area contributed by atoms with Crippen LogP contribution >= 0.6 is 11.6 Å². The molecule has 0 aliphatic heterocycles. The van der Waals surface area contributed by atoms with Crippen molar-refractivity contribution >= 4 is 17.6 Å². The van der Waals surface area contributed by atoms with Gasteiger partial charge in [-0.3, -0.25) is 4.79 Å². The lowest BCUT2D eigenvalue weighted by molar-refractivity contribution is -0.143. The molecule has 0 fully saturated rings. The van der Waals surface area contributed by atoms with E-state index in [4.69, 9.17) is 21.4 Å². The van der Waals surface area contributed by atoms with E-state index < -0.39 is 11.3 Å². The van der Waals surface area contributed by atoms with Crippen LogP contribution < -0.4 is 0 Å². The maximum atomic E-state index is 10.9. The maximum Gasteiger partial charge on any atom is 0.324 e. The molecule has 4 heteroatoms. The third-order valence-corrected chi connectivity index (χ3v) is 1.78. The Morgan fingerprint density at radius 2 is 2.33 bits per heavy atom. The molecule has 0 saturated carbocycles. The van der Waals surface area contributed by atoms with E-state index in [1.807, 2.05) is 6.92 Å². The van der Waals surface area contributed by atoms with Crippen LogP contribution in [0.15, 0.2) is 0 Å². The molecule has 0 heterocycles. The highest BCUT2D eigenvalue weighted by atomic mass is 35.5. The Hall–Kier alpha value is -0.280. The van der Waals surface area contributed by atoms with Crippen LogP contribution in [0.5, 0.6) is 0 Å². The summed E-state index contributed by atoms with van der Waals surface area (Å²) in [6.07, 6.45) is 2.10. The first-order valence-corrected chi connectivity index (χ1v) is 4.57. The molecule has 72 valence electrons. The number of unbranched alkanes of at least 4 members (excludes halogenated alkanes) is 1. The van der Waals surface area contributed by atoms with E-state index in [-0.39, 0.29) is 13.0 Å². The highest BCUT2D eigenvalue weighted by Gasteiger charge is 2.15. The summed E-state index contributed by atoms with van der Waals surface area (Å²) < 4.78 is 4.81. The normalized spacial score (nSPS) is 12.6. The van der Waals surface area contributed by atoms with E-state index in [0.717, 1.165) is 12.8 Å². The molecular weight excluding hydrogens is 180 g/mol. The van der Waals surface area contributed by atoms with Crippen LogP contribution in [0.25, 0.3) is 0 Å². The average Bonchev–Trinajstić information content (AvgIpc) is 2.05. The van der Waals surface area contributed by atoms with E-state index in [9.17, 15) is 4.79 Å². The lowest BCUT2D eigenvalue weighted by atomic mass is 10.3. The minimum absolute atomic E-state index is 0.0863. The fourth-order valence-corrected chi connectivity index (χ4v) is 0.799.